The molecule has 0 atom stereocenters. The van der Waals surface area contributed by atoms with Gasteiger partial charge in [0.05, 0.1) is 11.6 Å². The molecule has 100 valence electrons. The van der Waals surface area contributed by atoms with Crippen molar-refractivity contribution < 1.29 is 4.42 Å². The highest BCUT2D eigenvalue weighted by Crippen LogP contribution is 2.18. The molecular formula is C16H10Cl2O2. The Morgan fingerprint density at radius 3 is 2.40 bits per heavy atom. The topological polar surface area (TPSA) is 30.2 Å². The minimum absolute atomic E-state index is 0.0521. The standard InChI is InChI=1S/C16H10Cl2O2/c17-12-3-1-10(2-4-12)7-11-9-20-15-6-5-13(18)8-14(15)16(11)19/h1-6,8-9H,7H2. The summed E-state index contributed by atoms with van der Waals surface area (Å²) in [6.07, 6.45) is 2.01. The Morgan fingerprint density at radius 2 is 1.65 bits per heavy atom. The second-order valence-corrected chi connectivity index (χ2v) is 5.41. The monoisotopic (exact) mass is 304 g/mol. The molecule has 0 radical (unpaired) electrons. The highest BCUT2D eigenvalue weighted by molar-refractivity contribution is 6.31. The Balaban J connectivity index is 2.06. The van der Waals surface area contributed by atoms with Crippen molar-refractivity contribution in [2.45, 2.75) is 6.42 Å². The first kappa shape index (κ1) is 13.2. The first-order chi connectivity index (χ1) is 9.63. The van der Waals surface area contributed by atoms with Crippen LogP contribution in [0.3, 0.4) is 0 Å². The predicted octanol–water partition coefficient (Wildman–Crippen LogP) is 4.69. The third-order valence-corrected chi connectivity index (χ3v) is 3.60. The third kappa shape index (κ3) is 2.58. The van der Waals surface area contributed by atoms with E-state index in [1.807, 2.05) is 12.1 Å². The van der Waals surface area contributed by atoms with Gasteiger partial charge in [-0.1, -0.05) is 35.3 Å². The van der Waals surface area contributed by atoms with Crippen LogP contribution in [0, 0.1) is 0 Å². The maximum Gasteiger partial charge on any atom is 0.196 e. The summed E-state index contributed by atoms with van der Waals surface area (Å²) in [5.41, 5.74) is 2.09. The predicted molar refractivity (Wildman–Crippen MR) is 81.8 cm³/mol. The van der Waals surface area contributed by atoms with Crippen LogP contribution >= 0.6 is 23.2 Å². The largest absolute Gasteiger partial charge is 0.464 e. The fourth-order valence-corrected chi connectivity index (χ4v) is 2.39. The van der Waals surface area contributed by atoms with Crippen molar-refractivity contribution in [2.24, 2.45) is 0 Å². The van der Waals surface area contributed by atoms with Gasteiger partial charge in [0.25, 0.3) is 0 Å². The van der Waals surface area contributed by atoms with E-state index < -0.39 is 0 Å². The average Bonchev–Trinajstić information content (AvgIpc) is 2.45. The van der Waals surface area contributed by atoms with Crippen LogP contribution in [0.5, 0.6) is 0 Å². The number of benzene rings is 2. The minimum atomic E-state index is -0.0521. The summed E-state index contributed by atoms with van der Waals surface area (Å²) in [7, 11) is 0. The lowest BCUT2D eigenvalue weighted by atomic mass is 10.1. The molecule has 0 bridgehead atoms. The number of hydrogen-bond acceptors (Lipinski definition) is 2. The van der Waals surface area contributed by atoms with Gasteiger partial charge in [-0.25, -0.2) is 0 Å². The van der Waals surface area contributed by atoms with Crippen LogP contribution in [0.15, 0.2) is 57.9 Å². The van der Waals surface area contributed by atoms with Crippen LogP contribution in [0.1, 0.15) is 11.1 Å². The van der Waals surface area contributed by atoms with E-state index in [2.05, 4.69) is 0 Å². The molecule has 0 amide bonds. The van der Waals surface area contributed by atoms with Gasteiger partial charge in [0.2, 0.25) is 0 Å². The zero-order valence-electron chi connectivity index (χ0n) is 10.4. The van der Waals surface area contributed by atoms with Crippen molar-refractivity contribution in [2.75, 3.05) is 0 Å². The van der Waals surface area contributed by atoms with Gasteiger partial charge in [0.1, 0.15) is 5.58 Å². The molecule has 0 saturated heterocycles. The summed E-state index contributed by atoms with van der Waals surface area (Å²) in [5.74, 6) is 0. The van der Waals surface area contributed by atoms with Gasteiger partial charge in [-0.2, -0.15) is 0 Å². The number of hydrogen-bond donors (Lipinski definition) is 0. The summed E-state index contributed by atoms with van der Waals surface area (Å²) in [6.45, 7) is 0. The number of halogens is 2. The molecule has 0 aliphatic heterocycles. The second-order valence-electron chi connectivity index (χ2n) is 4.53. The van der Waals surface area contributed by atoms with Crippen LogP contribution in [0.2, 0.25) is 10.0 Å². The number of fused-ring (bicyclic) bond motifs is 1. The molecule has 0 aliphatic carbocycles. The van der Waals surface area contributed by atoms with Crippen molar-refractivity contribution in [3.63, 3.8) is 0 Å². The molecular weight excluding hydrogens is 295 g/mol. The smallest absolute Gasteiger partial charge is 0.196 e. The molecule has 0 fully saturated rings. The molecule has 0 unspecified atom stereocenters. The third-order valence-electron chi connectivity index (χ3n) is 3.11. The molecule has 0 N–H and O–H groups in total. The lowest BCUT2D eigenvalue weighted by molar-refractivity contribution is 0.594. The van der Waals surface area contributed by atoms with Crippen LogP contribution in [-0.4, -0.2) is 0 Å². The second kappa shape index (κ2) is 5.31. The maximum atomic E-state index is 12.4. The van der Waals surface area contributed by atoms with E-state index in [0.717, 1.165) is 5.56 Å². The van der Waals surface area contributed by atoms with Crippen LogP contribution in [0.4, 0.5) is 0 Å². The van der Waals surface area contributed by atoms with Crippen LogP contribution in [0.25, 0.3) is 11.0 Å². The Morgan fingerprint density at radius 1 is 0.950 bits per heavy atom. The van der Waals surface area contributed by atoms with Gasteiger partial charge in [0.15, 0.2) is 5.43 Å². The van der Waals surface area contributed by atoms with Crippen molar-refractivity contribution in [3.05, 3.63) is 80.1 Å². The Kier molecular flexibility index (Phi) is 3.51. The molecule has 1 heterocycles. The molecule has 2 nitrogen and oxygen atoms in total. The average molecular weight is 305 g/mol. The van der Waals surface area contributed by atoms with E-state index >= 15 is 0 Å². The van der Waals surface area contributed by atoms with E-state index in [-0.39, 0.29) is 5.43 Å². The normalized spacial score (nSPS) is 10.9. The lowest BCUT2D eigenvalue weighted by Gasteiger charge is -2.03. The summed E-state index contributed by atoms with van der Waals surface area (Å²) in [6, 6.07) is 12.4. The fraction of sp³-hybridized carbons (Fsp3) is 0.0625. The van der Waals surface area contributed by atoms with Gasteiger partial charge in [0, 0.05) is 22.0 Å². The summed E-state index contributed by atoms with van der Waals surface area (Å²) in [4.78, 5) is 12.4. The molecule has 1 aromatic heterocycles. The minimum Gasteiger partial charge on any atom is -0.464 e. The SMILES string of the molecule is O=c1c(Cc2ccc(Cl)cc2)coc2ccc(Cl)cc12. The molecule has 3 aromatic rings. The quantitative estimate of drug-likeness (QED) is 0.687. The summed E-state index contributed by atoms with van der Waals surface area (Å²) >= 11 is 11.8. The van der Waals surface area contributed by atoms with Crippen molar-refractivity contribution in [1.29, 1.82) is 0 Å². The lowest BCUT2D eigenvalue weighted by Crippen LogP contribution is -2.09. The number of rotatable bonds is 2. The highest BCUT2D eigenvalue weighted by atomic mass is 35.5. The highest BCUT2D eigenvalue weighted by Gasteiger charge is 2.08. The fourth-order valence-electron chi connectivity index (χ4n) is 2.09. The molecule has 3 rings (SSSR count). The Labute approximate surface area is 125 Å². The van der Waals surface area contributed by atoms with Crippen molar-refractivity contribution >= 4 is 34.2 Å². The summed E-state index contributed by atoms with van der Waals surface area (Å²) in [5, 5.41) is 1.70. The molecule has 0 spiro atoms. The van der Waals surface area contributed by atoms with Crippen molar-refractivity contribution in [1.82, 2.24) is 0 Å². The summed E-state index contributed by atoms with van der Waals surface area (Å²) < 4.78 is 5.49. The van der Waals surface area contributed by atoms with Gasteiger partial charge in [-0.3, -0.25) is 4.79 Å². The first-order valence-electron chi connectivity index (χ1n) is 6.08. The molecule has 4 heteroatoms. The van der Waals surface area contributed by atoms with Gasteiger partial charge >= 0.3 is 0 Å². The Hall–Kier alpha value is -1.77. The van der Waals surface area contributed by atoms with E-state index in [4.69, 9.17) is 27.6 Å². The van der Waals surface area contributed by atoms with Gasteiger partial charge < -0.3 is 4.42 Å². The first-order valence-corrected chi connectivity index (χ1v) is 6.83. The molecule has 0 aliphatic rings. The van der Waals surface area contributed by atoms with E-state index in [0.29, 0.717) is 33.0 Å². The van der Waals surface area contributed by atoms with E-state index in [1.54, 1.807) is 30.3 Å². The van der Waals surface area contributed by atoms with E-state index in [9.17, 15) is 4.79 Å². The van der Waals surface area contributed by atoms with E-state index in [1.165, 1.54) is 6.26 Å². The molecule has 0 saturated carbocycles. The van der Waals surface area contributed by atoms with Gasteiger partial charge in [-0.15, -0.1) is 0 Å². The maximum absolute atomic E-state index is 12.4. The zero-order valence-corrected chi connectivity index (χ0v) is 11.9. The molecule has 2 aromatic carbocycles. The molecule has 20 heavy (non-hydrogen) atoms. The van der Waals surface area contributed by atoms with Crippen molar-refractivity contribution in [3.8, 4) is 0 Å². The van der Waals surface area contributed by atoms with Gasteiger partial charge in [-0.05, 0) is 35.9 Å². The van der Waals surface area contributed by atoms with Crippen LogP contribution < -0.4 is 5.43 Å². The zero-order chi connectivity index (χ0) is 14.1. The Bertz CT molecular complexity index is 820. The van der Waals surface area contributed by atoms with Crippen LogP contribution in [-0.2, 0) is 6.42 Å².